The number of hydrogen-bond donors (Lipinski definition) is 1. The molecule has 1 amide bonds. The van der Waals surface area contributed by atoms with E-state index in [4.69, 9.17) is 14.2 Å². The summed E-state index contributed by atoms with van der Waals surface area (Å²) >= 11 is 0. The van der Waals surface area contributed by atoms with Gasteiger partial charge in [0.1, 0.15) is 18.1 Å². The fraction of sp³-hybridized carbons (Fsp3) is 0.300. The van der Waals surface area contributed by atoms with Crippen molar-refractivity contribution >= 4 is 18.0 Å². The van der Waals surface area contributed by atoms with Crippen LogP contribution in [0, 0.1) is 33.6 Å². The maximum Gasteiger partial charge on any atom is 0.412 e. The van der Waals surface area contributed by atoms with Gasteiger partial charge in [-0.05, 0) is 61.9 Å². The average molecular weight is 504 g/mol. The zero-order valence-corrected chi connectivity index (χ0v) is 21.7. The van der Waals surface area contributed by atoms with Crippen LogP contribution in [0.15, 0.2) is 66.7 Å². The zero-order chi connectivity index (χ0) is 26.8. The van der Waals surface area contributed by atoms with E-state index in [0.29, 0.717) is 17.9 Å². The Bertz CT molecular complexity index is 1200. The van der Waals surface area contributed by atoms with E-state index < -0.39 is 23.9 Å². The van der Waals surface area contributed by atoms with Crippen LogP contribution in [0.4, 0.5) is 4.79 Å². The smallest absolute Gasteiger partial charge is 0.412 e. The first kappa shape index (κ1) is 27.5. The van der Waals surface area contributed by atoms with E-state index in [1.807, 2.05) is 94.4 Å². The van der Waals surface area contributed by atoms with Crippen LogP contribution in [-0.2, 0) is 20.7 Å². The zero-order valence-electron chi connectivity index (χ0n) is 21.7. The van der Waals surface area contributed by atoms with Crippen molar-refractivity contribution in [1.29, 1.82) is 0 Å². The molecule has 194 valence electrons. The van der Waals surface area contributed by atoms with Crippen LogP contribution in [0.1, 0.15) is 34.2 Å². The summed E-state index contributed by atoms with van der Waals surface area (Å²) in [6.45, 7) is 7.46. The van der Waals surface area contributed by atoms with Gasteiger partial charge >= 0.3 is 18.0 Å². The molecule has 0 bridgehead atoms. The average Bonchev–Trinajstić information content (AvgIpc) is 2.86. The number of rotatable bonds is 10. The number of aryl methyl sites for hydroxylation is 4. The monoisotopic (exact) mass is 503 g/mol. The van der Waals surface area contributed by atoms with Crippen molar-refractivity contribution in [2.45, 2.75) is 40.5 Å². The molecule has 0 aliphatic rings. The first-order valence-electron chi connectivity index (χ1n) is 12.2. The highest BCUT2D eigenvalue weighted by Crippen LogP contribution is 2.24. The number of ether oxygens (including phenoxy) is 3. The van der Waals surface area contributed by atoms with Gasteiger partial charge in [-0.3, -0.25) is 9.59 Å². The number of benzene rings is 3. The number of hydrogen-bond acceptors (Lipinski definition) is 6. The molecule has 3 aromatic rings. The molecule has 0 saturated heterocycles. The number of esters is 2. The maximum atomic E-state index is 12.9. The molecule has 0 aromatic heterocycles. The van der Waals surface area contributed by atoms with E-state index in [-0.39, 0.29) is 19.6 Å². The highest BCUT2D eigenvalue weighted by Gasteiger charge is 2.26. The van der Waals surface area contributed by atoms with Crippen LogP contribution >= 0.6 is 0 Å². The van der Waals surface area contributed by atoms with Crippen LogP contribution < -0.4 is 14.8 Å². The van der Waals surface area contributed by atoms with Crippen molar-refractivity contribution in [3.8, 4) is 11.5 Å². The molecular formula is C30H33NO6. The highest BCUT2D eigenvalue weighted by atomic mass is 16.6. The lowest BCUT2D eigenvalue weighted by atomic mass is 9.96. The summed E-state index contributed by atoms with van der Waals surface area (Å²) < 4.78 is 16.4. The minimum atomic E-state index is -0.735. The van der Waals surface area contributed by atoms with Crippen molar-refractivity contribution in [2.75, 3.05) is 13.2 Å². The number of nitrogens with one attached hydrogen (secondary N) is 1. The third-order valence-corrected chi connectivity index (χ3v) is 5.92. The molecule has 7 heteroatoms. The maximum absolute atomic E-state index is 12.9. The fourth-order valence-corrected chi connectivity index (χ4v) is 3.97. The molecule has 37 heavy (non-hydrogen) atoms. The molecule has 1 unspecified atom stereocenters. The fourth-order valence-electron chi connectivity index (χ4n) is 3.97. The second-order valence-corrected chi connectivity index (χ2v) is 8.99. The van der Waals surface area contributed by atoms with Crippen LogP contribution in [-0.4, -0.2) is 31.2 Å². The SMILES string of the molecule is Cc1cccc(C)c1OC(=O)CC(Cc1ccccc1)C(=O)OCCNC(=O)Oc1c(C)cccc1C. The van der Waals surface area contributed by atoms with Crippen LogP contribution in [0.5, 0.6) is 11.5 Å². The second kappa shape index (κ2) is 13.3. The standard InChI is InChI=1S/C30H33NO6/c1-20-10-8-11-21(2)27(20)36-26(32)19-25(18-24-14-6-5-7-15-24)29(33)35-17-16-31-30(34)37-28-22(3)12-9-13-23(28)4/h5-15,25H,16-19H2,1-4H3,(H,31,34). The van der Waals surface area contributed by atoms with Crippen molar-refractivity contribution in [3.05, 3.63) is 94.5 Å². The normalized spacial score (nSPS) is 11.4. The van der Waals surface area contributed by atoms with Crippen LogP contribution in [0.3, 0.4) is 0 Å². The largest absolute Gasteiger partial charge is 0.464 e. The van der Waals surface area contributed by atoms with E-state index >= 15 is 0 Å². The van der Waals surface area contributed by atoms with Gasteiger partial charge in [0.25, 0.3) is 0 Å². The summed E-state index contributed by atoms with van der Waals surface area (Å²) in [6.07, 6.45) is -0.445. The summed E-state index contributed by atoms with van der Waals surface area (Å²) in [5.74, 6) is -0.771. The lowest BCUT2D eigenvalue weighted by molar-refractivity contribution is -0.152. The summed E-state index contributed by atoms with van der Waals surface area (Å²) in [5, 5.41) is 2.59. The van der Waals surface area contributed by atoms with Crippen molar-refractivity contribution < 1.29 is 28.6 Å². The van der Waals surface area contributed by atoms with Gasteiger partial charge < -0.3 is 19.5 Å². The van der Waals surface area contributed by atoms with Gasteiger partial charge in [-0.15, -0.1) is 0 Å². The Morgan fingerprint density at radius 2 is 1.27 bits per heavy atom. The van der Waals surface area contributed by atoms with E-state index in [0.717, 1.165) is 27.8 Å². The molecule has 0 fully saturated rings. The van der Waals surface area contributed by atoms with E-state index in [2.05, 4.69) is 5.32 Å². The third-order valence-electron chi connectivity index (χ3n) is 5.92. The number of para-hydroxylation sites is 2. The predicted molar refractivity (Wildman–Crippen MR) is 141 cm³/mol. The van der Waals surface area contributed by atoms with Gasteiger partial charge in [-0.2, -0.15) is 0 Å². The van der Waals surface area contributed by atoms with Crippen molar-refractivity contribution in [2.24, 2.45) is 5.92 Å². The summed E-state index contributed by atoms with van der Waals surface area (Å²) in [7, 11) is 0. The lowest BCUT2D eigenvalue weighted by Crippen LogP contribution is -2.32. The molecule has 0 saturated carbocycles. The summed E-state index contributed by atoms with van der Waals surface area (Å²) in [6, 6.07) is 20.6. The molecule has 7 nitrogen and oxygen atoms in total. The van der Waals surface area contributed by atoms with Gasteiger partial charge in [0.05, 0.1) is 18.9 Å². The molecular weight excluding hydrogens is 470 g/mol. The first-order valence-corrected chi connectivity index (χ1v) is 12.2. The topological polar surface area (TPSA) is 90.9 Å². The Morgan fingerprint density at radius 1 is 0.730 bits per heavy atom. The van der Waals surface area contributed by atoms with Crippen molar-refractivity contribution in [1.82, 2.24) is 5.32 Å². The molecule has 1 N–H and O–H groups in total. The van der Waals surface area contributed by atoms with E-state index in [9.17, 15) is 14.4 Å². The van der Waals surface area contributed by atoms with Crippen LogP contribution in [0.2, 0.25) is 0 Å². The van der Waals surface area contributed by atoms with Gasteiger partial charge in [-0.1, -0.05) is 66.7 Å². The molecule has 0 spiro atoms. The predicted octanol–water partition coefficient (Wildman–Crippen LogP) is 5.41. The molecule has 0 aliphatic heterocycles. The van der Waals surface area contributed by atoms with Crippen molar-refractivity contribution in [3.63, 3.8) is 0 Å². The van der Waals surface area contributed by atoms with Gasteiger partial charge in [-0.25, -0.2) is 4.79 Å². The number of carbonyl (C=O) groups is 3. The Balaban J connectivity index is 1.56. The van der Waals surface area contributed by atoms with E-state index in [1.54, 1.807) is 0 Å². The second-order valence-electron chi connectivity index (χ2n) is 8.99. The quantitative estimate of drug-likeness (QED) is 0.226. The number of amides is 1. The molecule has 0 radical (unpaired) electrons. The number of carbonyl (C=O) groups excluding carboxylic acids is 3. The first-order chi connectivity index (χ1) is 17.7. The summed E-state index contributed by atoms with van der Waals surface area (Å²) in [4.78, 5) is 37.9. The van der Waals surface area contributed by atoms with Gasteiger partial charge in [0.15, 0.2) is 0 Å². The third kappa shape index (κ3) is 8.20. The molecule has 0 aliphatic carbocycles. The molecule has 0 heterocycles. The minimum absolute atomic E-state index is 0.0576. The summed E-state index contributed by atoms with van der Waals surface area (Å²) in [5.41, 5.74) is 4.28. The molecule has 3 aromatic carbocycles. The van der Waals surface area contributed by atoms with Gasteiger partial charge in [0, 0.05) is 0 Å². The highest BCUT2D eigenvalue weighted by molar-refractivity contribution is 5.81. The molecule has 3 rings (SSSR count). The van der Waals surface area contributed by atoms with Gasteiger partial charge in [0.2, 0.25) is 0 Å². The Kier molecular flexibility index (Phi) is 9.84. The minimum Gasteiger partial charge on any atom is -0.464 e. The molecule has 1 atom stereocenters. The lowest BCUT2D eigenvalue weighted by Gasteiger charge is -2.17. The van der Waals surface area contributed by atoms with Crippen LogP contribution in [0.25, 0.3) is 0 Å². The van der Waals surface area contributed by atoms with E-state index in [1.165, 1.54) is 0 Å². The Hall–Kier alpha value is -4.13. The Morgan fingerprint density at radius 3 is 1.84 bits per heavy atom. The Labute approximate surface area is 217 Å².